The lowest BCUT2D eigenvalue weighted by molar-refractivity contribution is -0.125. The fourth-order valence-corrected chi connectivity index (χ4v) is 4.13. The van der Waals surface area contributed by atoms with Gasteiger partial charge in [0.25, 0.3) is 5.24 Å². The number of anilines is 1. The van der Waals surface area contributed by atoms with E-state index in [-0.39, 0.29) is 35.0 Å². The fourth-order valence-electron chi connectivity index (χ4n) is 3.40. The second-order valence-corrected chi connectivity index (χ2v) is 9.09. The van der Waals surface area contributed by atoms with Crippen LogP contribution in [0.5, 0.6) is 0 Å². The maximum absolute atomic E-state index is 12.6. The Morgan fingerprint density at radius 3 is 2.39 bits per heavy atom. The number of urea groups is 1. The predicted octanol–water partition coefficient (Wildman–Crippen LogP) is 3.22. The Balaban J connectivity index is 1.54. The molecule has 0 spiro atoms. The van der Waals surface area contributed by atoms with Crippen LogP contribution in [0, 0.1) is 0 Å². The van der Waals surface area contributed by atoms with Crippen LogP contribution >= 0.6 is 11.8 Å². The summed E-state index contributed by atoms with van der Waals surface area (Å²) in [7, 11) is 0. The minimum atomic E-state index is -0.201. The number of benzene rings is 1. The van der Waals surface area contributed by atoms with E-state index in [1.807, 2.05) is 29.2 Å². The van der Waals surface area contributed by atoms with Crippen molar-refractivity contribution in [1.29, 1.82) is 0 Å². The maximum atomic E-state index is 12.6. The van der Waals surface area contributed by atoms with Crippen molar-refractivity contribution in [2.75, 3.05) is 37.2 Å². The van der Waals surface area contributed by atoms with Crippen molar-refractivity contribution in [3.8, 4) is 0 Å². The molecule has 4 amide bonds. The maximum Gasteiger partial charge on any atom is 0.321 e. The first-order chi connectivity index (χ1) is 13.2. The van der Waals surface area contributed by atoms with Crippen LogP contribution in [0.15, 0.2) is 24.3 Å². The first kappa shape index (κ1) is 20.7. The van der Waals surface area contributed by atoms with Gasteiger partial charge in [0.05, 0.1) is 12.3 Å². The molecular formula is C20H28N4O3S. The molecule has 1 aromatic rings. The molecule has 0 saturated carbocycles. The van der Waals surface area contributed by atoms with E-state index in [0.717, 1.165) is 43.4 Å². The van der Waals surface area contributed by atoms with E-state index in [4.69, 9.17) is 0 Å². The van der Waals surface area contributed by atoms with Crippen molar-refractivity contribution in [3.63, 3.8) is 0 Å². The molecule has 1 N–H and O–H groups in total. The molecule has 7 nitrogen and oxygen atoms in total. The van der Waals surface area contributed by atoms with Crippen molar-refractivity contribution in [2.24, 2.45) is 0 Å². The summed E-state index contributed by atoms with van der Waals surface area (Å²) >= 11 is 1.03. The molecule has 2 aliphatic heterocycles. The third kappa shape index (κ3) is 5.05. The van der Waals surface area contributed by atoms with Gasteiger partial charge in [0.1, 0.15) is 0 Å². The van der Waals surface area contributed by atoms with Gasteiger partial charge in [-0.1, -0.05) is 23.9 Å². The number of carbonyl (C=O) groups excluding carboxylic acids is 3. The Morgan fingerprint density at radius 2 is 1.79 bits per heavy atom. The van der Waals surface area contributed by atoms with Crippen molar-refractivity contribution in [1.82, 2.24) is 14.7 Å². The molecule has 0 aliphatic carbocycles. The smallest absolute Gasteiger partial charge is 0.321 e. The number of nitrogens with one attached hydrogen (secondary N) is 1. The highest BCUT2D eigenvalue weighted by atomic mass is 32.2. The molecule has 152 valence electrons. The topological polar surface area (TPSA) is 73.0 Å². The van der Waals surface area contributed by atoms with E-state index in [1.54, 1.807) is 0 Å². The summed E-state index contributed by atoms with van der Waals surface area (Å²) in [5, 5.41) is 2.75. The first-order valence-corrected chi connectivity index (χ1v) is 10.6. The molecule has 2 saturated heterocycles. The standard InChI is InChI=1S/C20H28N4O3S/c1-20(2,3)23-10-4-9-22(11-12-23)18(26)21-16-7-5-15(6-8-16)13-24-17(25)14-28-19(24)27/h5-8H,4,9-14H2,1-3H3,(H,21,26). The second kappa shape index (κ2) is 8.53. The van der Waals surface area contributed by atoms with Gasteiger partial charge in [0.2, 0.25) is 5.91 Å². The average Bonchev–Trinajstić information content (AvgIpc) is 2.85. The Bertz CT molecular complexity index is 729. The van der Waals surface area contributed by atoms with Crippen LogP contribution in [0.4, 0.5) is 15.3 Å². The Hall–Kier alpha value is -2.06. The Kier molecular flexibility index (Phi) is 6.30. The Morgan fingerprint density at radius 1 is 1.07 bits per heavy atom. The van der Waals surface area contributed by atoms with Crippen molar-refractivity contribution >= 4 is 34.6 Å². The molecule has 3 rings (SSSR count). The van der Waals surface area contributed by atoms with Gasteiger partial charge in [-0.25, -0.2) is 4.79 Å². The van der Waals surface area contributed by atoms with Crippen molar-refractivity contribution in [3.05, 3.63) is 29.8 Å². The van der Waals surface area contributed by atoms with E-state index in [2.05, 4.69) is 31.0 Å². The van der Waals surface area contributed by atoms with Crippen LogP contribution in [-0.4, -0.2) is 69.3 Å². The molecular weight excluding hydrogens is 376 g/mol. The largest absolute Gasteiger partial charge is 0.323 e. The summed E-state index contributed by atoms with van der Waals surface area (Å²) in [6.45, 7) is 10.2. The summed E-state index contributed by atoms with van der Waals surface area (Å²) < 4.78 is 0. The second-order valence-electron chi connectivity index (χ2n) is 8.16. The number of hydrogen-bond acceptors (Lipinski definition) is 5. The minimum absolute atomic E-state index is 0.0928. The van der Waals surface area contributed by atoms with Gasteiger partial charge in [0, 0.05) is 37.4 Å². The highest BCUT2D eigenvalue weighted by molar-refractivity contribution is 8.14. The van der Waals surface area contributed by atoms with E-state index >= 15 is 0 Å². The molecule has 28 heavy (non-hydrogen) atoms. The lowest BCUT2D eigenvalue weighted by Gasteiger charge is -2.34. The SMILES string of the molecule is CC(C)(C)N1CCCN(C(=O)Nc2ccc(CN3C(=O)CSC3=O)cc2)CC1. The average molecular weight is 405 g/mol. The van der Waals surface area contributed by atoms with Gasteiger partial charge in [0.15, 0.2) is 0 Å². The Labute approximate surface area is 170 Å². The third-order valence-electron chi connectivity index (χ3n) is 5.12. The summed E-state index contributed by atoms with van der Waals surface area (Å²) in [6, 6.07) is 7.20. The number of rotatable bonds is 3. The molecule has 0 atom stereocenters. The van der Waals surface area contributed by atoms with E-state index in [0.29, 0.717) is 12.2 Å². The van der Waals surface area contributed by atoms with Crippen molar-refractivity contribution in [2.45, 2.75) is 39.3 Å². The molecule has 2 aliphatic rings. The quantitative estimate of drug-likeness (QED) is 0.837. The highest BCUT2D eigenvalue weighted by Crippen LogP contribution is 2.22. The predicted molar refractivity (Wildman–Crippen MR) is 111 cm³/mol. The summed E-state index contributed by atoms with van der Waals surface area (Å²) in [4.78, 5) is 41.6. The summed E-state index contributed by atoms with van der Waals surface area (Å²) in [6.07, 6.45) is 0.958. The monoisotopic (exact) mass is 404 g/mol. The van der Waals surface area contributed by atoms with Gasteiger partial charge < -0.3 is 10.2 Å². The lowest BCUT2D eigenvalue weighted by Crippen LogP contribution is -2.44. The summed E-state index contributed by atoms with van der Waals surface area (Å²) in [5.41, 5.74) is 1.68. The zero-order valence-electron chi connectivity index (χ0n) is 16.7. The number of nitrogens with zero attached hydrogens (tertiary/aromatic N) is 3. The summed E-state index contributed by atoms with van der Waals surface area (Å²) in [5.74, 6) is 0.0629. The molecule has 0 bridgehead atoms. The lowest BCUT2D eigenvalue weighted by atomic mass is 10.1. The van der Waals surface area contributed by atoms with Gasteiger partial charge >= 0.3 is 6.03 Å². The normalized spacial score (nSPS) is 19.1. The number of thioether (sulfide) groups is 1. The van der Waals surface area contributed by atoms with E-state index in [1.165, 1.54) is 4.90 Å². The van der Waals surface area contributed by atoms with Gasteiger partial charge in [-0.15, -0.1) is 0 Å². The van der Waals surface area contributed by atoms with Crippen LogP contribution in [-0.2, 0) is 11.3 Å². The van der Waals surface area contributed by atoms with Gasteiger partial charge in [-0.2, -0.15) is 0 Å². The molecule has 8 heteroatoms. The van der Waals surface area contributed by atoms with E-state index in [9.17, 15) is 14.4 Å². The van der Waals surface area contributed by atoms with Gasteiger partial charge in [-0.05, 0) is 44.9 Å². The van der Waals surface area contributed by atoms with Crippen LogP contribution in [0.3, 0.4) is 0 Å². The molecule has 1 aromatic carbocycles. The molecule has 2 fully saturated rings. The fraction of sp³-hybridized carbons (Fsp3) is 0.550. The zero-order valence-corrected chi connectivity index (χ0v) is 17.6. The molecule has 2 heterocycles. The zero-order chi connectivity index (χ0) is 20.3. The van der Waals surface area contributed by atoms with Crippen LogP contribution < -0.4 is 5.32 Å². The first-order valence-electron chi connectivity index (χ1n) is 9.61. The molecule has 0 aromatic heterocycles. The highest BCUT2D eigenvalue weighted by Gasteiger charge is 2.29. The molecule has 0 radical (unpaired) electrons. The van der Waals surface area contributed by atoms with Crippen LogP contribution in [0.25, 0.3) is 0 Å². The minimum Gasteiger partial charge on any atom is -0.323 e. The van der Waals surface area contributed by atoms with Gasteiger partial charge in [-0.3, -0.25) is 19.4 Å². The number of hydrogen-bond donors (Lipinski definition) is 1. The third-order valence-corrected chi connectivity index (χ3v) is 5.98. The number of imide groups is 1. The molecule has 0 unspecified atom stereocenters. The number of amides is 4. The van der Waals surface area contributed by atoms with Crippen LogP contribution in [0.1, 0.15) is 32.8 Å². The van der Waals surface area contributed by atoms with Crippen LogP contribution in [0.2, 0.25) is 0 Å². The number of carbonyl (C=O) groups is 3. The van der Waals surface area contributed by atoms with E-state index < -0.39 is 0 Å². The van der Waals surface area contributed by atoms with Crippen molar-refractivity contribution < 1.29 is 14.4 Å².